The van der Waals surface area contributed by atoms with Crippen molar-refractivity contribution >= 4 is 37.4 Å². The Hall–Kier alpha value is -2.03. The van der Waals surface area contributed by atoms with Gasteiger partial charge in [-0.1, -0.05) is 35.6 Å². The van der Waals surface area contributed by atoms with Crippen LogP contribution >= 0.6 is 11.3 Å². The van der Waals surface area contributed by atoms with Crippen LogP contribution in [0.15, 0.2) is 46.9 Å². The lowest BCUT2D eigenvalue weighted by Crippen LogP contribution is -2.10. The topological polar surface area (TPSA) is 98.0 Å². The van der Waals surface area contributed by atoms with Crippen LogP contribution in [-0.4, -0.2) is 24.9 Å². The average molecular weight is 334 g/mol. The van der Waals surface area contributed by atoms with Crippen molar-refractivity contribution in [2.75, 3.05) is 11.9 Å². The summed E-state index contributed by atoms with van der Waals surface area (Å²) in [6.45, 7) is 0.632. The highest BCUT2D eigenvalue weighted by molar-refractivity contribution is 7.91. The molecule has 0 bridgehead atoms. The summed E-state index contributed by atoms with van der Waals surface area (Å²) in [6, 6.07) is 10.0. The van der Waals surface area contributed by atoms with Gasteiger partial charge >= 0.3 is 0 Å². The Morgan fingerprint density at radius 3 is 2.77 bits per heavy atom. The summed E-state index contributed by atoms with van der Waals surface area (Å²) in [5, 5.41) is 9.81. The van der Waals surface area contributed by atoms with E-state index in [4.69, 9.17) is 5.14 Å². The molecule has 3 N–H and O–H groups in total. The van der Waals surface area contributed by atoms with Crippen LogP contribution in [-0.2, 0) is 16.4 Å². The third kappa shape index (κ3) is 3.24. The van der Waals surface area contributed by atoms with E-state index in [1.54, 1.807) is 6.20 Å². The van der Waals surface area contributed by atoms with Crippen molar-refractivity contribution in [2.24, 2.45) is 5.14 Å². The Bertz CT molecular complexity index is 901. The Balaban J connectivity index is 1.69. The van der Waals surface area contributed by atoms with E-state index in [0.29, 0.717) is 11.7 Å². The van der Waals surface area contributed by atoms with Gasteiger partial charge in [0.2, 0.25) is 10.0 Å². The summed E-state index contributed by atoms with van der Waals surface area (Å²) in [7, 11) is -3.68. The number of benzene rings is 1. The quantitative estimate of drug-likeness (QED) is 0.743. The van der Waals surface area contributed by atoms with Gasteiger partial charge in [-0.2, -0.15) is 0 Å². The van der Waals surface area contributed by atoms with Crippen LogP contribution in [0.3, 0.4) is 0 Å². The molecule has 114 valence electrons. The second kappa shape index (κ2) is 5.99. The lowest BCUT2D eigenvalue weighted by Gasteiger charge is -2.06. The zero-order valence-electron chi connectivity index (χ0n) is 11.6. The molecule has 2 aromatic heterocycles. The zero-order chi connectivity index (χ0) is 15.6. The summed E-state index contributed by atoms with van der Waals surface area (Å²) >= 11 is 1.03. The highest BCUT2D eigenvalue weighted by atomic mass is 32.2. The lowest BCUT2D eigenvalue weighted by atomic mass is 10.1. The van der Waals surface area contributed by atoms with Crippen molar-refractivity contribution in [2.45, 2.75) is 10.6 Å². The fourth-order valence-corrected chi connectivity index (χ4v) is 3.62. The Kier molecular flexibility index (Phi) is 4.06. The van der Waals surface area contributed by atoms with Gasteiger partial charge in [-0.05, 0) is 18.1 Å². The van der Waals surface area contributed by atoms with E-state index in [0.717, 1.165) is 34.2 Å². The molecule has 6 nitrogen and oxygen atoms in total. The number of fused-ring (bicyclic) bond motifs is 1. The highest BCUT2D eigenvalue weighted by Gasteiger charge is 2.12. The van der Waals surface area contributed by atoms with E-state index >= 15 is 0 Å². The number of pyridine rings is 1. The summed E-state index contributed by atoms with van der Waals surface area (Å²) in [5.74, 6) is 0. The van der Waals surface area contributed by atoms with Crippen LogP contribution in [0.2, 0.25) is 0 Å². The molecule has 0 spiro atoms. The molecule has 0 radical (unpaired) electrons. The van der Waals surface area contributed by atoms with E-state index in [1.165, 1.54) is 6.20 Å². The van der Waals surface area contributed by atoms with Gasteiger partial charge in [0.25, 0.3) is 0 Å². The molecular weight excluding hydrogens is 320 g/mol. The van der Waals surface area contributed by atoms with Crippen molar-refractivity contribution in [1.82, 2.24) is 9.97 Å². The lowest BCUT2D eigenvalue weighted by molar-refractivity contribution is 0.599. The minimum absolute atomic E-state index is 0.0572. The van der Waals surface area contributed by atoms with Crippen molar-refractivity contribution in [3.63, 3.8) is 0 Å². The van der Waals surface area contributed by atoms with Gasteiger partial charge < -0.3 is 5.32 Å². The standard InChI is InChI=1S/C14H14N4O2S2/c15-22(19,20)12-9-18-14(21-12)17-8-6-11-4-1-3-10-5-2-7-16-13(10)11/h1-5,7,9H,6,8H2,(H,17,18)(H2,15,19,20). The number of aromatic nitrogens is 2. The van der Waals surface area contributed by atoms with Crippen LogP contribution in [0.5, 0.6) is 0 Å². The first-order valence-electron chi connectivity index (χ1n) is 6.59. The van der Waals surface area contributed by atoms with Crippen molar-refractivity contribution in [3.8, 4) is 0 Å². The number of anilines is 1. The van der Waals surface area contributed by atoms with E-state index < -0.39 is 10.0 Å². The minimum atomic E-state index is -3.68. The molecule has 22 heavy (non-hydrogen) atoms. The molecule has 0 unspecified atom stereocenters. The number of para-hydroxylation sites is 1. The molecule has 0 atom stereocenters. The smallest absolute Gasteiger partial charge is 0.249 e. The maximum atomic E-state index is 11.2. The normalized spacial score (nSPS) is 11.7. The maximum Gasteiger partial charge on any atom is 0.249 e. The van der Waals surface area contributed by atoms with Gasteiger partial charge in [0.15, 0.2) is 9.34 Å². The average Bonchev–Trinajstić information content (AvgIpc) is 2.97. The van der Waals surface area contributed by atoms with Crippen LogP contribution in [0.25, 0.3) is 10.9 Å². The van der Waals surface area contributed by atoms with E-state index in [1.807, 2.05) is 30.3 Å². The second-order valence-corrected chi connectivity index (χ2v) is 7.52. The van der Waals surface area contributed by atoms with Crippen LogP contribution < -0.4 is 10.5 Å². The molecule has 0 saturated carbocycles. The van der Waals surface area contributed by atoms with E-state index in [2.05, 4.69) is 15.3 Å². The van der Waals surface area contributed by atoms with Crippen molar-refractivity contribution in [1.29, 1.82) is 0 Å². The number of nitrogens with one attached hydrogen (secondary N) is 1. The van der Waals surface area contributed by atoms with Crippen molar-refractivity contribution < 1.29 is 8.42 Å². The molecule has 2 heterocycles. The number of primary sulfonamides is 1. The molecule has 0 aliphatic heterocycles. The monoisotopic (exact) mass is 334 g/mol. The Labute approximate surface area is 132 Å². The molecule has 0 saturated heterocycles. The van der Waals surface area contributed by atoms with Gasteiger partial charge in [0.05, 0.1) is 11.7 Å². The Morgan fingerprint density at radius 2 is 2.00 bits per heavy atom. The highest BCUT2D eigenvalue weighted by Crippen LogP contribution is 2.22. The summed E-state index contributed by atoms with van der Waals surface area (Å²) in [4.78, 5) is 8.42. The summed E-state index contributed by atoms with van der Waals surface area (Å²) in [5.41, 5.74) is 2.12. The van der Waals surface area contributed by atoms with Gasteiger partial charge in [0.1, 0.15) is 0 Å². The Morgan fingerprint density at radius 1 is 1.18 bits per heavy atom. The van der Waals surface area contributed by atoms with E-state index in [9.17, 15) is 8.42 Å². The maximum absolute atomic E-state index is 11.2. The first-order valence-corrected chi connectivity index (χ1v) is 8.95. The van der Waals surface area contributed by atoms with Crippen molar-refractivity contribution in [3.05, 3.63) is 48.3 Å². The predicted molar refractivity (Wildman–Crippen MR) is 87.4 cm³/mol. The summed E-state index contributed by atoms with van der Waals surface area (Å²) < 4.78 is 22.5. The predicted octanol–water partition coefficient (Wildman–Crippen LogP) is 1.99. The molecule has 3 aromatic rings. The number of hydrogen-bond donors (Lipinski definition) is 2. The van der Waals surface area contributed by atoms with Gasteiger partial charge in [0, 0.05) is 18.1 Å². The van der Waals surface area contributed by atoms with E-state index in [-0.39, 0.29) is 4.21 Å². The van der Waals surface area contributed by atoms with Gasteiger partial charge in [-0.25, -0.2) is 18.5 Å². The zero-order valence-corrected chi connectivity index (χ0v) is 13.2. The molecule has 0 aliphatic carbocycles. The molecule has 1 aromatic carbocycles. The van der Waals surface area contributed by atoms with Crippen LogP contribution in [0.4, 0.5) is 5.13 Å². The molecule has 8 heteroatoms. The minimum Gasteiger partial charge on any atom is -0.361 e. The SMILES string of the molecule is NS(=O)(=O)c1cnc(NCCc2cccc3cccnc23)s1. The fourth-order valence-electron chi connectivity index (χ4n) is 2.15. The third-order valence-corrected chi connectivity index (χ3v) is 5.51. The second-order valence-electron chi connectivity index (χ2n) is 4.70. The number of rotatable bonds is 5. The molecule has 0 aliphatic rings. The largest absolute Gasteiger partial charge is 0.361 e. The molecular formula is C14H14N4O2S2. The van der Waals surface area contributed by atoms with Crippen LogP contribution in [0.1, 0.15) is 5.56 Å². The third-order valence-electron chi connectivity index (χ3n) is 3.15. The first-order chi connectivity index (χ1) is 10.5. The van der Waals surface area contributed by atoms with Crippen LogP contribution in [0, 0.1) is 0 Å². The molecule has 0 fully saturated rings. The summed E-state index contributed by atoms with van der Waals surface area (Å²) in [6.07, 6.45) is 3.80. The molecule has 0 amide bonds. The molecule has 3 rings (SSSR count). The number of nitrogens with two attached hydrogens (primary N) is 1. The number of nitrogens with zero attached hydrogens (tertiary/aromatic N) is 2. The fraction of sp³-hybridized carbons (Fsp3) is 0.143. The first kappa shape index (κ1) is 14.9. The van der Waals surface area contributed by atoms with Gasteiger partial charge in [-0.15, -0.1) is 0 Å². The van der Waals surface area contributed by atoms with Gasteiger partial charge in [-0.3, -0.25) is 4.98 Å². The number of hydrogen-bond acceptors (Lipinski definition) is 6. The number of thiazole rings is 1. The number of sulfonamides is 1.